The second-order valence-corrected chi connectivity index (χ2v) is 2.74. The van der Waals surface area contributed by atoms with E-state index in [0.717, 1.165) is 6.42 Å². The van der Waals surface area contributed by atoms with Gasteiger partial charge in [0, 0.05) is 6.61 Å². The number of nitrogens with zero attached hydrogens (tertiary/aromatic N) is 2. The molecule has 1 aromatic heterocycles. The second-order valence-electron chi connectivity index (χ2n) is 2.74. The minimum Gasteiger partial charge on any atom is -0.381 e. The Balaban J connectivity index is 2.11. The van der Waals surface area contributed by atoms with E-state index in [1.54, 1.807) is 0 Å². The molecule has 0 fully saturated rings. The maximum Gasteiger partial charge on any atom is 0.229 e. The first-order valence-corrected chi connectivity index (χ1v) is 4.56. The number of aromatic amines is 1. The lowest BCUT2D eigenvalue weighted by Gasteiger charge is -2.02. The summed E-state index contributed by atoms with van der Waals surface area (Å²) in [6.07, 6.45) is 2.63. The quantitative estimate of drug-likeness (QED) is 0.654. The third-order valence-corrected chi connectivity index (χ3v) is 1.49. The monoisotopic (exact) mass is 198 g/mol. The number of H-pyrrole nitrogens is 1. The molecule has 1 rings (SSSR count). The number of nitrogens with one attached hydrogen (secondary N) is 2. The number of hydrogen-bond donors (Lipinski definition) is 2. The molecular weight excluding hydrogens is 184 g/mol. The van der Waals surface area contributed by atoms with E-state index < -0.39 is 0 Å². The highest BCUT2D eigenvalue weighted by Gasteiger charge is 2.03. The van der Waals surface area contributed by atoms with Crippen LogP contribution in [-0.4, -0.2) is 34.3 Å². The summed E-state index contributed by atoms with van der Waals surface area (Å²) in [5.74, 6) is 0.239. The van der Waals surface area contributed by atoms with Crippen LogP contribution in [0.15, 0.2) is 6.33 Å². The van der Waals surface area contributed by atoms with Gasteiger partial charge in [-0.1, -0.05) is 6.92 Å². The van der Waals surface area contributed by atoms with E-state index in [0.29, 0.717) is 25.6 Å². The third kappa shape index (κ3) is 3.99. The molecule has 0 saturated heterocycles. The summed E-state index contributed by atoms with van der Waals surface area (Å²) < 4.78 is 5.17. The van der Waals surface area contributed by atoms with Crippen LogP contribution in [0.1, 0.15) is 19.8 Å². The molecule has 0 bridgehead atoms. The molecular formula is C8H14N4O2. The lowest BCUT2D eigenvalue weighted by Crippen LogP contribution is -2.15. The zero-order valence-corrected chi connectivity index (χ0v) is 8.12. The summed E-state index contributed by atoms with van der Waals surface area (Å²) in [6, 6.07) is 0. The number of amides is 1. The molecule has 0 aromatic carbocycles. The standard InChI is InChI=1S/C8H14N4O2/c1-2-4-14-5-3-7(13)11-8-9-6-10-12-8/h6H,2-5H2,1H3,(H2,9,10,11,12,13). The van der Waals surface area contributed by atoms with Gasteiger partial charge in [0.2, 0.25) is 11.9 Å². The zero-order chi connectivity index (χ0) is 10.2. The number of ether oxygens (including phenoxy) is 1. The summed E-state index contributed by atoms with van der Waals surface area (Å²) in [5.41, 5.74) is 0. The van der Waals surface area contributed by atoms with Crippen molar-refractivity contribution in [2.24, 2.45) is 0 Å². The molecule has 0 aliphatic carbocycles. The van der Waals surface area contributed by atoms with Crippen molar-refractivity contribution in [3.63, 3.8) is 0 Å². The maximum atomic E-state index is 11.2. The first-order chi connectivity index (χ1) is 6.83. The fraction of sp³-hybridized carbons (Fsp3) is 0.625. The number of rotatable bonds is 6. The van der Waals surface area contributed by atoms with Gasteiger partial charge in [-0.2, -0.15) is 10.1 Å². The molecule has 0 saturated carbocycles. The highest BCUT2D eigenvalue weighted by Crippen LogP contribution is 1.94. The zero-order valence-electron chi connectivity index (χ0n) is 8.12. The molecule has 14 heavy (non-hydrogen) atoms. The molecule has 6 heteroatoms. The summed E-state index contributed by atoms with van der Waals surface area (Å²) in [7, 11) is 0. The molecule has 0 aliphatic heterocycles. The van der Waals surface area contributed by atoms with Crippen LogP contribution in [0.3, 0.4) is 0 Å². The Hall–Kier alpha value is -1.43. The predicted molar refractivity (Wildman–Crippen MR) is 50.7 cm³/mol. The van der Waals surface area contributed by atoms with Crippen molar-refractivity contribution in [1.29, 1.82) is 0 Å². The molecule has 6 nitrogen and oxygen atoms in total. The third-order valence-electron chi connectivity index (χ3n) is 1.49. The van der Waals surface area contributed by atoms with E-state index in [1.165, 1.54) is 6.33 Å². The largest absolute Gasteiger partial charge is 0.381 e. The fourth-order valence-electron chi connectivity index (χ4n) is 0.872. The van der Waals surface area contributed by atoms with Crippen LogP contribution < -0.4 is 5.32 Å². The van der Waals surface area contributed by atoms with Gasteiger partial charge in [-0.15, -0.1) is 0 Å². The van der Waals surface area contributed by atoms with Crippen LogP contribution in [0.4, 0.5) is 5.95 Å². The van der Waals surface area contributed by atoms with Crippen molar-refractivity contribution in [3.8, 4) is 0 Å². The predicted octanol–water partition coefficient (Wildman–Crippen LogP) is 0.560. The molecule has 2 N–H and O–H groups in total. The molecule has 1 aromatic rings. The Morgan fingerprint density at radius 2 is 2.50 bits per heavy atom. The number of hydrogen-bond acceptors (Lipinski definition) is 4. The molecule has 0 unspecified atom stereocenters. The summed E-state index contributed by atoms with van der Waals surface area (Å²) >= 11 is 0. The van der Waals surface area contributed by atoms with Crippen LogP contribution in [0.2, 0.25) is 0 Å². The maximum absolute atomic E-state index is 11.2. The van der Waals surface area contributed by atoms with Gasteiger partial charge in [-0.05, 0) is 6.42 Å². The first-order valence-electron chi connectivity index (χ1n) is 4.56. The van der Waals surface area contributed by atoms with E-state index in [2.05, 4.69) is 20.5 Å². The first kappa shape index (κ1) is 10.6. The number of anilines is 1. The smallest absolute Gasteiger partial charge is 0.229 e. The van der Waals surface area contributed by atoms with Gasteiger partial charge < -0.3 is 4.74 Å². The van der Waals surface area contributed by atoms with Gasteiger partial charge in [0.05, 0.1) is 13.0 Å². The van der Waals surface area contributed by atoms with Crippen LogP contribution in [0.25, 0.3) is 0 Å². The number of carbonyl (C=O) groups is 1. The minimum atomic E-state index is -0.127. The molecule has 0 aliphatic rings. The molecule has 0 radical (unpaired) electrons. The van der Waals surface area contributed by atoms with Gasteiger partial charge in [0.1, 0.15) is 6.33 Å². The van der Waals surface area contributed by atoms with E-state index in [4.69, 9.17) is 4.74 Å². The van der Waals surface area contributed by atoms with E-state index >= 15 is 0 Å². The molecule has 78 valence electrons. The highest BCUT2D eigenvalue weighted by molar-refractivity contribution is 5.88. The Kier molecular flexibility index (Phi) is 4.63. The summed E-state index contributed by atoms with van der Waals surface area (Å²) in [6.45, 7) is 3.15. The van der Waals surface area contributed by atoms with Crippen molar-refractivity contribution in [1.82, 2.24) is 15.2 Å². The Morgan fingerprint density at radius 1 is 1.64 bits per heavy atom. The number of aromatic nitrogens is 3. The fourth-order valence-corrected chi connectivity index (χ4v) is 0.872. The minimum absolute atomic E-state index is 0.127. The van der Waals surface area contributed by atoms with Gasteiger partial charge in [0.15, 0.2) is 0 Å². The highest BCUT2D eigenvalue weighted by atomic mass is 16.5. The van der Waals surface area contributed by atoms with Crippen molar-refractivity contribution in [2.45, 2.75) is 19.8 Å². The summed E-state index contributed by atoms with van der Waals surface area (Å²) in [4.78, 5) is 15.0. The number of carbonyl (C=O) groups excluding carboxylic acids is 1. The topological polar surface area (TPSA) is 79.9 Å². The van der Waals surface area contributed by atoms with E-state index in [-0.39, 0.29) is 5.91 Å². The Bertz CT molecular complexity index is 260. The summed E-state index contributed by atoms with van der Waals surface area (Å²) in [5, 5.41) is 8.69. The second kappa shape index (κ2) is 6.09. The van der Waals surface area contributed by atoms with Gasteiger partial charge in [-0.25, -0.2) is 5.10 Å². The molecule has 0 atom stereocenters. The Labute approximate surface area is 82.1 Å². The lowest BCUT2D eigenvalue weighted by atomic mass is 10.4. The van der Waals surface area contributed by atoms with Crippen LogP contribution in [-0.2, 0) is 9.53 Å². The van der Waals surface area contributed by atoms with Gasteiger partial charge in [0.25, 0.3) is 0 Å². The van der Waals surface area contributed by atoms with E-state index in [1.807, 2.05) is 6.92 Å². The van der Waals surface area contributed by atoms with Crippen LogP contribution >= 0.6 is 0 Å². The average molecular weight is 198 g/mol. The Morgan fingerprint density at radius 3 is 3.14 bits per heavy atom. The van der Waals surface area contributed by atoms with Crippen molar-refractivity contribution in [3.05, 3.63) is 6.33 Å². The van der Waals surface area contributed by atoms with Crippen molar-refractivity contribution >= 4 is 11.9 Å². The molecule has 0 spiro atoms. The van der Waals surface area contributed by atoms with Gasteiger partial charge >= 0.3 is 0 Å². The normalized spacial score (nSPS) is 10.1. The molecule has 1 heterocycles. The van der Waals surface area contributed by atoms with Crippen LogP contribution in [0, 0.1) is 0 Å². The van der Waals surface area contributed by atoms with Crippen molar-refractivity contribution in [2.75, 3.05) is 18.5 Å². The average Bonchev–Trinajstić information content (AvgIpc) is 2.65. The van der Waals surface area contributed by atoms with Crippen LogP contribution in [0.5, 0.6) is 0 Å². The van der Waals surface area contributed by atoms with Gasteiger partial charge in [-0.3, -0.25) is 10.1 Å². The SMILES string of the molecule is CCCOCCC(=O)Nc1ncn[nH]1. The lowest BCUT2D eigenvalue weighted by molar-refractivity contribution is -0.117. The van der Waals surface area contributed by atoms with Crippen molar-refractivity contribution < 1.29 is 9.53 Å². The van der Waals surface area contributed by atoms with E-state index in [9.17, 15) is 4.79 Å². The molecule has 1 amide bonds.